The standard InChI is InChI=1S/C14H13ClN2O3S2/c1-9-7-22-14(16-9)17-12(18)6-20-13(19)8-21-11-5-3-2-4-10(11)15/h2-5,7H,6,8H2,1H3,(H,16,17,18). The van der Waals surface area contributed by atoms with E-state index in [1.165, 1.54) is 23.1 Å². The number of halogens is 1. The van der Waals surface area contributed by atoms with E-state index in [1.807, 2.05) is 30.5 Å². The van der Waals surface area contributed by atoms with Crippen LogP contribution in [0.3, 0.4) is 0 Å². The second kappa shape index (κ2) is 8.17. The number of benzene rings is 1. The Morgan fingerprint density at radius 3 is 2.86 bits per heavy atom. The number of esters is 1. The van der Waals surface area contributed by atoms with Gasteiger partial charge in [-0.05, 0) is 19.1 Å². The van der Waals surface area contributed by atoms with Crippen LogP contribution in [0, 0.1) is 6.92 Å². The minimum atomic E-state index is -0.476. The molecule has 116 valence electrons. The molecule has 1 aromatic heterocycles. The second-order valence-electron chi connectivity index (χ2n) is 4.22. The first-order valence-corrected chi connectivity index (χ1v) is 8.54. The van der Waals surface area contributed by atoms with E-state index in [0.717, 1.165) is 10.6 Å². The Hall–Kier alpha value is -1.57. The Morgan fingerprint density at radius 1 is 1.41 bits per heavy atom. The number of nitrogens with zero attached hydrogens (tertiary/aromatic N) is 1. The van der Waals surface area contributed by atoms with E-state index in [4.69, 9.17) is 16.3 Å². The Morgan fingerprint density at radius 2 is 2.18 bits per heavy atom. The number of hydrogen-bond donors (Lipinski definition) is 1. The average molecular weight is 357 g/mol. The summed E-state index contributed by atoms with van der Waals surface area (Å²) >= 11 is 8.57. The molecular formula is C14H13ClN2O3S2. The highest BCUT2D eigenvalue weighted by molar-refractivity contribution is 8.00. The van der Waals surface area contributed by atoms with Crippen LogP contribution in [0.2, 0.25) is 5.02 Å². The number of thioether (sulfide) groups is 1. The maximum absolute atomic E-state index is 11.6. The lowest BCUT2D eigenvalue weighted by Crippen LogP contribution is -2.21. The fourth-order valence-electron chi connectivity index (χ4n) is 1.45. The molecule has 1 amide bonds. The summed E-state index contributed by atoms with van der Waals surface area (Å²) in [6.45, 7) is 1.50. The summed E-state index contributed by atoms with van der Waals surface area (Å²) in [4.78, 5) is 28.1. The van der Waals surface area contributed by atoms with E-state index in [-0.39, 0.29) is 12.4 Å². The molecule has 0 aliphatic carbocycles. The van der Waals surface area contributed by atoms with Crippen LogP contribution in [-0.2, 0) is 14.3 Å². The van der Waals surface area contributed by atoms with Gasteiger partial charge < -0.3 is 4.74 Å². The van der Waals surface area contributed by atoms with Gasteiger partial charge in [0.05, 0.1) is 16.5 Å². The second-order valence-corrected chi connectivity index (χ2v) is 6.50. The predicted octanol–water partition coefficient (Wildman–Crippen LogP) is 3.38. The van der Waals surface area contributed by atoms with E-state index >= 15 is 0 Å². The van der Waals surface area contributed by atoms with Crippen molar-refractivity contribution in [3.8, 4) is 0 Å². The van der Waals surface area contributed by atoms with Gasteiger partial charge in [-0.2, -0.15) is 0 Å². The van der Waals surface area contributed by atoms with Crippen molar-refractivity contribution < 1.29 is 14.3 Å². The van der Waals surface area contributed by atoms with Gasteiger partial charge in [0, 0.05) is 10.3 Å². The quantitative estimate of drug-likeness (QED) is 0.634. The summed E-state index contributed by atoms with van der Waals surface area (Å²) in [7, 11) is 0. The predicted molar refractivity (Wildman–Crippen MR) is 88.6 cm³/mol. The molecule has 8 heteroatoms. The molecule has 0 spiro atoms. The number of thiazole rings is 1. The fourth-order valence-corrected chi connectivity index (χ4v) is 3.19. The fraction of sp³-hybridized carbons (Fsp3) is 0.214. The SMILES string of the molecule is Cc1csc(NC(=O)COC(=O)CSc2ccccc2Cl)n1. The highest BCUT2D eigenvalue weighted by Gasteiger charge is 2.10. The van der Waals surface area contributed by atoms with Crippen LogP contribution in [-0.4, -0.2) is 29.2 Å². The summed E-state index contributed by atoms with van der Waals surface area (Å²) < 4.78 is 4.91. The number of hydrogen-bond acceptors (Lipinski definition) is 6. The average Bonchev–Trinajstić information content (AvgIpc) is 2.89. The summed E-state index contributed by atoms with van der Waals surface area (Å²) in [5.74, 6) is -0.797. The van der Waals surface area contributed by atoms with Crippen LogP contribution in [0.15, 0.2) is 34.5 Å². The molecule has 0 saturated carbocycles. The normalized spacial score (nSPS) is 10.3. The van der Waals surface area contributed by atoms with Crippen LogP contribution in [0.4, 0.5) is 5.13 Å². The van der Waals surface area contributed by atoms with Crippen molar-refractivity contribution in [2.24, 2.45) is 0 Å². The first kappa shape index (κ1) is 16.8. The molecule has 0 aliphatic heterocycles. The van der Waals surface area contributed by atoms with E-state index in [9.17, 15) is 9.59 Å². The van der Waals surface area contributed by atoms with Crippen LogP contribution < -0.4 is 5.32 Å². The van der Waals surface area contributed by atoms with Gasteiger partial charge in [0.15, 0.2) is 11.7 Å². The zero-order chi connectivity index (χ0) is 15.9. The Labute approximate surface area is 141 Å². The molecule has 1 aromatic carbocycles. The van der Waals surface area contributed by atoms with Crippen molar-refractivity contribution >= 4 is 51.7 Å². The largest absolute Gasteiger partial charge is 0.455 e. The monoisotopic (exact) mass is 356 g/mol. The zero-order valence-electron chi connectivity index (χ0n) is 11.7. The molecular weight excluding hydrogens is 344 g/mol. The van der Waals surface area contributed by atoms with Gasteiger partial charge in [-0.15, -0.1) is 23.1 Å². The van der Waals surface area contributed by atoms with E-state index in [2.05, 4.69) is 10.3 Å². The van der Waals surface area contributed by atoms with Crippen LogP contribution >= 0.6 is 34.7 Å². The van der Waals surface area contributed by atoms with Crippen molar-refractivity contribution in [1.82, 2.24) is 4.98 Å². The summed E-state index contributed by atoms with van der Waals surface area (Å²) in [6.07, 6.45) is 0. The molecule has 5 nitrogen and oxygen atoms in total. The molecule has 0 atom stereocenters. The molecule has 2 rings (SSSR count). The number of carbonyl (C=O) groups excluding carboxylic acids is 2. The molecule has 0 bridgehead atoms. The third-order valence-corrected chi connectivity index (χ3v) is 4.78. The number of nitrogens with one attached hydrogen (secondary N) is 1. The molecule has 22 heavy (non-hydrogen) atoms. The number of anilines is 1. The molecule has 0 aliphatic rings. The number of ether oxygens (including phenoxy) is 1. The van der Waals surface area contributed by atoms with E-state index in [1.54, 1.807) is 6.07 Å². The number of aromatic nitrogens is 1. The van der Waals surface area contributed by atoms with Crippen molar-refractivity contribution in [1.29, 1.82) is 0 Å². The molecule has 2 aromatic rings. The third-order valence-electron chi connectivity index (χ3n) is 2.41. The number of carbonyl (C=O) groups is 2. The van der Waals surface area contributed by atoms with Gasteiger partial charge in [-0.3, -0.25) is 14.9 Å². The van der Waals surface area contributed by atoms with E-state index < -0.39 is 11.9 Å². The van der Waals surface area contributed by atoms with Gasteiger partial charge >= 0.3 is 5.97 Å². The summed E-state index contributed by atoms with van der Waals surface area (Å²) in [6, 6.07) is 7.22. The minimum absolute atomic E-state index is 0.0906. The third kappa shape index (κ3) is 5.32. The Kier molecular flexibility index (Phi) is 6.23. The van der Waals surface area contributed by atoms with Crippen molar-refractivity contribution in [2.45, 2.75) is 11.8 Å². The van der Waals surface area contributed by atoms with Crippen LogP contribution in [0.25, 0.3) is 0 Å². The first-order chi connectivity index (χ1) is 10.5. The first-order valence-electron chi connectivity index (χ1n) is 6.29. The molecule has 0 fully saturated rings. The van der Waals surface area contributed by atoms with Crippen molar-refractivity contribution in [3.63, 3.8) is 0 Å². The lowest BCUT2D eigenvalue weighted by molar-refractivity contribution is -0.144. The van der Waals surface area contributed by atoms with Crippen LogP contribution in [0.1, 0.15) is 5.69 Å². The Balaban J connectivity index is 1.71. The zero-order valence-corrected chi connectivity index (χ0v) is 14.1. The lowest BCUT2D eigenvalue weighted by atomic mass is 10.4. The Bertz CT molecular complexity index is 676. The van der Waals surface area contributed by atoms with Crippen LogP contribution in [0.5, 0.6) is 0 Å². The highest BCUT2D eigenvalue weighted by atomic mass is 35.5. The molecule has 1 heterocycles. The smallest absolute Gasteiger partial charge is 0.316 e. The summed E-state index contributed by atoms with van der Waals surface area (Å²) in [5.41, 5.74) is 0.827. The van der Waals surface area contributed by atoms with Crippen molar-refractivity contribution in [3.05, 3.63) is 40.4 Å². The number of amides is 1. The van der Waals surface area contributed by atoms with E-state index in [0.29, 0.717) is 10.2 Å². The van der Waals surface area contributed by atoms with Crippen molar-refractivity contribution in [2.75, 3.05) is 17.7 Å². The number of aryl methyl sites for hydroxylation is 1. The topological polar surface area (TPSA) is 68.3 Å². The lowest BCUT2D eigenvalue weighted by Gasteiger charge is -2.05. The summed E-state index contributed by atoms with van der Waals surface area (Å²) in [5, 5.41) is 5.46. The highest BCUT2D eigenvalue weighted by Crippen LogP contribution is 2.26. The molecule has 0 saturated heterocycles. The maximum atomic E-state index is 11.6. The molecule has 0 radical (unpaired) electrons. The van der Waals surface area contributed by atoms with Gasteiger partial charge in [0.2, 0.25) is 0 Å². The van der Waals surface area contributed by atoms with Gasteiger partial charge in [0.1, 0.15) is 0 Å². The molecule has 1 N–H and O–H groups in total. The number of rotatable bonds is 6. The minimum Gasteiger partial charge on any atom is -0.455 e. The van der Waals surface area contributed by atoms with Gasteiger partial charge in [-0.1, -0.05) is 23.7 Å². The van der Waals surface area contributed by atoms with Gasteiger partial charge in [-0.25, -0.2) is 4.98 Å². The molecule has 0 unspecified atom stereocenters. The van der Waals surface area contributed by atoms with Gasteiger partial charge in [0.25, 0.3) is 5.91 Å². The maximum Gasteiger partial charge on any atom is 0.316 e.